The topological polar surface area (TPSA) is 139 Å². The highest BCUT2D eigenvalue weighted by molar-refractivity contribution is 5.86. The molecule has 4 N–H and O–H groups in total. The van der Waals surface area contributed by atoms with Gasteiger partial charge in [0.25, 0.3) is 0 Å². The summed E-state index contributed by atoms with van der Waals surface area (Å²) in [6, 6.07) is 4.75. The van der Waals surface area contributed by atoms with Crippen LogP contribution >= 0.6 is 0 Å². The van der Waals surface area contributed by atoms with Crippen molar-refractivity contribution in [2.75, 3.05) is 65.6 Å². The van der Waals surface area contributed by atoms with Crippen molar-refractivity contribution in [2.24, 2.45) is 5.92 Å². The van der Waals surface area contributed by atoms with E-state index in [2.05, 4.69) is 22.2 Å². The highest BCUT2D eigenvalue weighted by Crippen LogP contribution is 2.38. The number of ether oxygens (including phenoxy) is 4. The van der Waals surface area contributed by atoms with Crippen LogP contribution in [0.4, 0.5) is 10.3 Å². The molecule has 11 nitrogen and oxygen atoms in total. The number of hydrogen-bond acceptors (Lipinski definition) is 8. The number of aromatic nitrogens is 2. The average Bonchev–Trinajstić information content (AvgIpc) is 3.25. The summed E-state index contributed by atoms with van der Waals surface area (Å²) < 4.78 is 38.1. The van der Waals surface area contributed by atoms with Crippen molar-refractivity contribution in [1.29, 1.82) is 0 Å². The lowest BCUT2D eigenvalue weighted by Gasteiger charge is -2.32. The lowest BCUT2D eigenvalue weighted by atomic mass is 9.82. The maximum Gasteiger partial charge on any atom is 0.243 e. The number of imidazole rings is 1. The first-order valence-corrected chi connectivity index (χ1v) is 13.9. The summed E-state index contributed by atoms with van der Waals surface area (Å²) in [6.45, 7) is 9.10. The number of rotatable bonds is 18. The van der Waals surface area contributed by atoms with E-state index in [0.29, 0.717) is 83.0 Å². The molecule has 2 heterocycles. The highest BCUT2D eigenvalue weighted by Gasteiger charge is 2.32. The molecule has 41 heavy (non-hydrogen) atoms. The maximum absolute atomic E-state index is 14.5. The number of benzene rings is 1. The molecule has 0 bridgehead atoms. The Balaban J connectivity index is 1.36. The minimum absolute atomic E-state index is 0.0815. The summed E-state index contributed by atoms with van der Waals surface area (Å²) >= 11 is 0. The van der Waals surface area contributed by atoms with Crippen LogP contribution in [-0.4, -0.2) is 81.2 Å². The molecule has 0 unspecified atom stereocenters. The lowest BCUT2D eigenvalue weighted by Crippen LogP contribution is -2.32. The lowest BCUT2D eigenvalue weighted by molar-refractivity contribution is -0.122. The third-order valence-electron chi connectivity index (χ3n) is 6.90. The van der Waals surface area contributed by atoms with Gasteiger partial charge in [-0.2, -0.15) is 0 Å². The predicted octanol–water partition coefficient (Wildman–Crippen LogP) is 2.13. The molecule has 226 valence electrons. The van der Waals surface area contributed by atoms with E-state index in [0.717, 1.165) is 17.8 Å². The van der Waals surface area contributed by atoms with Crippen LogP contribution in [0.5, 0.6) is 5.75 Å². The zero-order valence-electron chi connectivity index (χ0n) is 24.0. The number of methoxy groups -OCH3 is 1. The fraction of sp³-hybridized carbons (Fsp3) is 0.552. The number of amides is 2. The van der Waals surface area contributed by atoms with Gasteiger partial charge in [0.2, 0.25) is 17.8 Å². The molecule has 0 radical (unpaired) electrons. The van der Waals surface area contributed by atoms with Crippen LogP contribution in [0.2, 0.25) is 0 Å². The first kappa shape index (κ1) is 32.0. The Kier molecular flexibility index (Phi) is 13.1. The maximum atomic E-state index is 14.5. The third-order valence-corrected chi connectivity index (χ3v) is 6.90. The van der Waals surface area contributed by atoms with Crippen molar-refractivity contribution in [3.05, 3.63) is 53.6 Å². The number of fused-ring (bicyclic) bond motifs is 1. The number of aryl methyl sites for hydroxylation is 1. The fourth-order valence-corrected chi connectivity index (χ4v) is 5.06. The van der Waals surface area contributed by atoms with Crippen LogP contribution in [-0.2, 0) is 36.8 Å². The van der Waals surface area contributed by atoms with Crippen LogP contribution < -0.4 is 21.1 Å². The summed E-state index contributed by atoms with van der Waals surface area (Å²) in [5.74, 6) is 0.440. The van der Waals surface area contributed by atoms with E-state index in [9.17, 15) is 14.0 Å². The average molecular weight is 576 g/mol. The molecule has 12 heteroatoms. The Labute approximate surface area is 240 Å². The summed E-state index contributed by atoms with van der Waals surface area (Å²) in [7, 11) is 1.56. The number of nitrogen functional groups attached to an aromatic ring is 1. The second-order valence-corrected chi connectivity index (χ2v) is 9.90. The van der Waals surface area contributed by atoms with Crippen LogP contribution in [0, 0.1) is 18.7 Å². The minimum atomic E-state index is -0.273. The van der Waals surface area contributed by atoms with Gasteiger partial charge in [-0.25, -0.2) is 9.37 Å². The van der Waals surface area contributed by atoms with Crippen molar-refractivity contribution < 1.29 is 32.9 Å². The SMILES string of the molecule is C=CC(=O)NCCOCCOCCOCCNC(=O)C[C@H]1C[C@H](Cc2cc(OC)ccc2F)Cn2c(N)nc(C)c21. The van der Waals surface area contributed by atoms with Gasteiger partial charge in [0.05, 0.1) is 52.4 Å². The second-order valence-electron chi connectivity index (χ2n) is 9.90. The molecular formula is C29H42FN5O6. The quantitative estimate of drug-likeness (QED) is 0.182. The molecule has 2 atom stereocenters. The molecule has 2 aromatic rings. The van der Waals surface area contributed by atoms with Crippen molar-refractivity contribution in [2.45, 2.75) is 38.6 Å². The van der Waals surface area contributed by atoms with Gasteiger partial charge in [-0.05, 0) is 55.5 Å². The van der Waals surface area contributed by atoms with Crippen LogP contribution in [0.1, 0.15) is 35.7 Å². The Bertz CT molecular complexity index is 1160. The van der Waals surface area contributed by atoms with Gasteiger partial charge in [0, 0.05) is 37.7 Å². The zero-order valence-corrected chi connectivity index (χ0v) is 24.0. The standard InChI is InChI=1S/C29H42FN5O6/c1-4-26(36)32-7-9-39-11-13-41-14-12-40-10-8-33-27(37)18-23-16-21(19-35-28(23)20(2)34-29(35)31)15-22-17-24(38-3)5-6-25(22)30/h4-6,17,21,23H,1,7-16,18-19H2,2-3H3,(H2,31,34)(H,32,36)(H,33,37)/t21-,23+/m0/s1. The van der Waals surface area contributed by atoms with E-state index in [1.165, 1.54) is 12.1 Å². The van der Waals surface area contributed by atoms with Crippen molar-refractivity contribution >= 4 is 17.8 Å². The fourth-order valence-electron chi connectivity index (χ4n) is 5.06. The number of nitrogens with two attached hydrogens (primary N) is 1. The van der Waals surface area contributed by atoms with Gasteiger partial charge in [-0.3, -0.25) is 9.59 Å². The summed E-state index contributed by atoms with van der Waals surface area (Å²) in [5.41, 5.74) is 8.57. The molecule has 3 rings (SSSR count). The first-order valence-electron chi connectivity index (χ1n) is 13.9. The Morgan fingerprint density at radius 3 is 2.44 bits per heavy atom. The van der Waals surface area contributed by atoms with Crippen molar-refractivity contribution in [1.82, 2.24) is 20.2 Å². The van der Waals surface area contributed by atoms with Gasteiger partial charge in [0.15, 0.2) is 0 Å². The Morgan fingerprint density at radius 2 is 1.78 bits per heavy atom. The van der Waals surface area contributed by atoms with Crippen LogP contribution in [0.3, 0.4) is 0 Å². The molecular weight excluding hydrogens is 533 g/mol. The van der Waals surface area contributed by atoms with Crippen LogP contribution in [0.25, 0.3) is 0 Å². The highest BCUT2D eigenvalue weighted by atomic mass is 19.1. The molecule has 1 aliphatic heterocycles. The molecule has 0 saturated heterocycles. The van der Waals surface area contributed by atoms with Gasteiger partial charge in [0.1, 0.15) is 11.6 Å². The molecule has 2 amide bonds. The zero-order chi connectivity index (χ0) is 29.6. The number of nitrogens with one attached hydrogen (secondary N) is 2. The number of carbonyl (C=O) groups is 2. The molecule has 0 fully saturated rings. The molecule has 1 aliphatic rings. The van der Waals surface area contributed by atoms with E-state index in [-0.39, 0.29) is 35.9 Å². The second kappa shape index (κ2) is 16.7. The van der Waals surface area contributed by atoms with E-state index in [1.807, 2.05) is 11.5 Å². The monoisotopic (exact) mass is 575 g/mol. The molecule has 1 aromatic heterocycles. The normalized spacial score (nSPS) is 16.2. The molecule has 0 aliphatic carbocycles. The van der Waals surface area contributed by atoms with Gasteiger partial charge in [-0.1, -0.05) is 6.58 Å². The summed E-state index contributed by atoms with van der Waals surface area (Å²) in [6.07, 6.45) is 2.72. The number of halogens is 1. The number of nitrogens with zero attached hydrogens (tertiary/aromatic N) is 2. The Hall–Kier alpha value is -3.48. The van der Waals surface area contributed by atoms with Gasteiger partial charge in [-0.15, -0.1) is 0 Å². The minimum Gasteiger partial charge on any atom is -0.497 e. The molecule has 1 aromatic carbocycles. The first-order chi connectivity index (χ1) is 19.8. The van der Waals surface area contributed by atoms with Gasteiger partial charge >= 0.3 is 0 Å². The third kappa shape index (κ3) is 10.1. The number of hydrogen-bond donors (Lipinski definition) is 3. The van der Waals surface area contributed by atoms with Crippen molar-refractivity contribution in [3.63, 3.8) is 0 Å². The van der Waals surface area contributed by atoms with Crippen molar-refractivity contribution in [3.8, 4) is 5.75 Å². The number of carbonyl (C=O) groups excluding carboxylic acids is 2. The summed E-state index contributed by atoms with van der Waals surface area (Å²) in [4.78, 5) is 28.3. The Morgan fingerprint density at radius 1 is 1.12 bits per heavy atom. The van der Waals surface area contributed by atoms with E-state index >= 15 is 0 Å². The largest absolute Gasteiger partial charge is 0.497 e. The molecule has 0 spiro atoms. The smallest absolute Gasteiger partial charge is 0.243 e. The predicted molar refractivity (Wildman–Crippen MR) is 152 cm³/mol. The van der Waals surface area contributed by atoms with Gasteiger partial charge < -0.3 is 39.9 Å². The number of anilines is 1. The summed E-state index contributed by atoms with van der Waals surface area (Å²) in [5, 5.41) is 5.54. The van der Waals surface area contributed by atoms with Crippen LogP contribution in [0.15, 0.2) is 30.9 Å². The van der Waals surface area contributed by atoms with E-state index < -0.39 is 0 Å². The van der Waals surface area contributed by atoms with E-state index in [4.69, 9.17) is 24.7 Å². The molecule has 0 saturated carbocycles. The van der Waals surface area contributed by atoms with E-state index in [1.54, 1.807) is 19.2 Å².